The quantitative estimate of drug-likeness (QED) is 0.318. The number of rotatable bonds is 8. The molecule has 0 amide bonds. The van der Waals surface area contributed by atoms with Crippen LogP contribution in [-0.4, -0.2) is 42.9 Å². The van der Waals surface area contributed by atoms with Crippen molar-refractivity contribution in [2.24, 2.45) is 0 Å². The summed E-state index contributed by atoms with van der Waals surface area (Å²) in [5, 5.41) is 0.324. The fraction of sp³-hybridized carbons (Fsp3) is 0.174. The number of nitrogens with one attached hydrogen (secondary N) is 1. The number of alkyl halides is 1. The summed E-state index contributed by atoms with van der Waals surface area (Å²) in [6.07, 6.45) is 1.09. The van der Waals surface area contributed by atoms with Crippen molar-refractivity contribution in [3.05, 3.63) is 54.2 Å². The highest BCUT2D eigenvalue weighted by Crippen LogP contribution is 2.37. The molecule has 0 spiro atoms. The van der Waals surface area contributed by atoms with Crippen LogP contribution in [0.15, 0.2) is 42.6 Å². The summed E-state index contributed by atoms with van der Waals surface area (Å²) in [6, 6.07) is 8.32. The summed E-state index contributed by atoms with van der Waals surface area (Å²) < 4.78 is 73.5. The molecule has 2 aromatic carbocycles. The first-order valence-corrected chi connectivity index (χ1v) is 12.2. The van der Waals surface area contributed by atoms with Gasteiger partial charge in [-0.2, -0.15) is 0 Å². The number of sulfonamides is 1. The third kappa shape index (κ3) is 4.96. The fourth-order valence-electron chi connectivity index (χ4n) is 3.53. The number of fused-ring (bicyclic) bond motifs is 1. The molecular weight excluding hydrogens is 497 g/mol. The molecule has 5 N–H and O–H groups in total. The highest BCUT2D eigenvalue weighted by molar-refractivity contribution is 7.92. The smallest absolute Gasteiger partial charge is 0.232 e. The van der Waals surface area contributed by atoms with E-state index in [-0.39, 0.29) is 52.0 Å². The molecule has 0 fully saturated rings. The molecule has 13 heteroatoms. The maximum Gasteiger partial charge on any atom is 0.232 e. The lowest BCUT2D eigenvalue weighted by Crippen LogP contribution is -2.18. The Bertz CT molecular complexity index is 1570. The van der Waals surface area contributed by atoms with E-state index < -0.39 is 34.1 Å². The van der Waals surface area contributed by atoms with E-state index in [0.717, 1.165) is 6.07 Å². The molecule has 0 saturated heterocycles. The maximum atomic E-state index is 15.3. The number of methoxy groups -OCH3 is 1. The Morgan fingerprint density at radius 2 is 1.83 bits per heavy atom. The molecule has 2 heterocycles. The van der Waals surface area contributed by atoms with Gasteiger partial charge in [0.1, 0.15) is 17.1 Å². The molecule has 0 atom stereocenters. The van der Waals surface area contributed by atoms with Crippen molar-refractivity contribution in [3.63, 3.8) is 0 Å². The van der Waals surface area contributed by atoms with Crippen LogP contribution < -0.4 is 20.9 Å². The molecule has 2 aromatic heterocycles. The lowest BCUT2D eigenvalue weighted by molar-refractivity contribution is 0.419. The van der Waals surface area contributed by atoms with Crippen LogP contribution in [0.3, 0.4) is 0 Å². The highest BCUT2D eigenvalue weighted by Gasteiger charge is 2.19. The fourth-order valence-corrected chi connectivity index (χ4v) is 4.62. The molecule has 4 aromatic rings. The first kappa shape index (κ1) is 25.0. The monoisotopic (exact) mass is 518 g/mol. The Balaban J connectivity index is 1.81. The molecule has 4 rings (SSSR count). The number of nitrogens with two attached hydrogens (primary N) is 2. The Labute approximate surface area is 204 Å². The van der Waals surface area contributed by atoms with Crippen LogP contribution >= 0.6 is 0 Å². The van der Waals surface area contributed by atoms with Crippen LogP contribution in [0.25, 0.3) is 33.4 Å². The predicted octanol–water partition coefficient (Wildman–Crippen LogP) is 3.91. The molecular formula is C23H21F3N6O3S. The first-order valence-electron chi connectivity index (χ1n) is 10.6. The van der Waals surface area contributed by atoms with Gasteiger partial charge in [-0.25, -0.2) is 32.2 Å². The SMILES string of the molecule is COc1cc(-c2cccc(NS(=O)(=O)CCCF)c2F)cc2c(N)nc(-c3cnc(N)c(F)c3)nc12. The second kappa shape index (κ2) is 9.85. The van der Waals surface area contributed by atoms with Gasteiger partial charge in [0.05, 0.1) is 25.2 Å². The van der Waals surface area contributed by atoms with Gasteiger partial charge >= 0.3 is 0 Å². The maximum absolute atomic E-state index is 15.3. The van der Waals surface area contributed by atoms with Crippen molar-refractivity contribution in [1.82, 2.24) is 15.0 Å². The summed E-state index contributed by atoms with van der Waals surface area (Å²) in [4.78, 5) is 12.4. The molecule has 0 radical (unpaired) electrons. The number of nitrogens with zero attached hydrogens (tertiary/aromatic N) is 3. The Morgan fingerprint density at radius 3 is 2.53 bits per heavy atom. The van der Waals surface area contributed by atoms with Crippen molar-refractivity contribution in [2.45, 2.75) is 6.42 Å². The third-order valence-corrected chi connectivity index (χ3v) is 6.62. The zero-order valence-corrected chi connectivity index (χ0v) is 19.7. The van der Waals surface area contributed by atoms with Crippen molar-refractivity contribution in [2.75, 3.05) is 35.7 Å². The van der Waals surface area contributed by atoms with Gasteiger partial charge in [0.2, 0.25) is 10.0 Å². The van der Waals surface area contributed by atoms with Crippen LogP contribution in [0.4, 0.5) is 30.5 Å². The predicted molar refractivity (Wildman–Crippen MR) is 131 cm³/mol. The lowest BCUT2D eigenvalue weighted by Gasteiger charge is -2.14. The van der Waals surface area contributed by atoms with Crippen LogP contribution in [0.2, 0.25) is 0 Å². The summed E-state index contributed by atoms with van der Waals surface area (Å²) in [5.74, 6) is -2.04. The van der Waals surface area contributed by atoms with Gasteiger partial charge in [-0.1, -0.05) is 12.1 Å². The number of pyridine rings is 1. The number of hydrogen-bond donors (Lipinski definition) is 3. The molecule has 0 saturated carbocycles. The second-order valence-corrected chi connectivity index (χ2v) is 9.57. The minimum atomic E-state index is -3.94. The van der Waals surface area contributed by atoms with Crippen LogP contribution in [0, 0.1) is 11.6 Å². The second-order valence-electron chi connectivity index (χ2n) is 7.73. The zero-order valence-electron chi connectivity index (χ0n) is 18.9. The van der Waals surface area contributed by atoms with E-state index in [2.05, 4.69) is 19.7 Å². The standard InChI is InChI=1S/C23H21F3N6O3S/c1-35-18-10-12(14-4-2-5-17(19(14)26)32-36(33,34)7-3-6-24)8-15-20(18)30-23(31-21(15)27)13-9-16(25)22(28)29-11-13/h2,4-5,8-11,32H,3,6-7H2,1H3,(H2,28,29)(H2,27,30,31). The van der Waals surface area contributed by atoms with Gasteiger partial charge in [-0.3, -0.25) is 9.11 Å². The number of benzene rings is 2. The van der Waals surface area contributed by atoms with Gasteiger partial charge in [0, 0.05) is 22.7 Å². The number of halogens is 3. The topological polar surface area (TPSA) is 146 Å². The number of anilines is 3. The van der Waals surface area contributed by atoms with E-state index >= 15 is 4.39 Å². The van der Waals surface area contributed by atoms with Crippen LogP contribution in [-0.2, 0) is 10.0 Å². The first-order chi connectivity index (χ1) is 17.1. The van der Waals surface area contributed by atoms with Crippen LogP contribution in [0.1, 0.15) is 6.42 Å². The zero-order chi connectivity index (χ0) is 26.0. The average Bonchev–Trinajstić information content (AvgIpc) is 2.85. The Hall–Kier alpha value is -4.13. The van der Waals surface area contributed by atoms with Gasteiger partial charge < -0.3 is 16.2 Å². The average molecular weight is 519 g/mol. The minimum absolute atomic E-state index is 0.0101. The molecule has 0 aliphatic carbocycles. The van der Waals surface area contributed by atoms with Gasteiger partial charge in [0.25, 0.3) is 0 Å². The largest absolute Gasteiger partial charge is 0.494 e. The van der Waals surface area contributed by atoms with E-state index in [1.807, 2.05) is 0 Å². The van der Waals surface area contributed by atoms with Gasteiger partial charge in [-0.05, 0) is 36.2 Å². The van der Waals surface area contributed by atoms with E-state index in [0.29, 0.717) is 10.9 Å². The number of hydrogen-bond acceptors (Lipinski definition) is 8. The summed E-state index contributed by atoms with van der Waals surface area (Å²) in [6.45, 7) is -0.810. The molecule has 0 bridgehead atoms. The Morgan fingerprint density at radius 1 is 1.06 bits per heavy atom. The molecule has 188 valence electrons. The van der Waals surface area contributed by atoms with Crippen LogP contribution in [0.5, 0.6) is 5.75 Å². The minimum Gasteiger partial charge on any atom is -0.494 e. The van der Waals surface area contributed by atoms with E-state index in [4.69, 9.17) is 16.2 Å². The number of ether oxygens (including phenoxy) is 1. The van der Waals surface area contributed by atoms with Crippen molar-refractivity contribution >= 4 is 38.2 Å². The van der Waals surface area contributed by atoms with E-state index in [1.165, 1.54) is 43.6 Å². The summed E-state index contributed by atoms with van der Waals surface area (Å²) >= 11 is 0. The van der Waals surface area contributed by atoms with Crippen molar-refractivity contribution < 1.29 is 26.3 Å². The van der Waals surface area contributed by atoms with Gasteiger partial charge in [0.15, 0.2) is 23.3 Å². The number of nitrogen functional groups attached to an aromatic ring is 2. The van der Waals surface area contributed by atoms with Gasteiger partial charge in [-0.15, -0.1) is 0 Å². The summed E-state index contributed by atoms with van der Waals surface area (Å²) in [5.41, 5.74) is 12.2. The van der Waals surface area contributed by atoms with E-state index in [9.17, 15) is 17.2 Å². The number of aromatic nitrogens is 3. The van der Waals surface area contributed by atoms with E-state index in [1.54, 1.807) is 0 Å². The lowest BCUT2D eigenvalue weighted by atomic mass is 10.0. The molecule has 0 aliphatic rings. The Kier molecular flexibility index (Phi) is 6.84. The molecule has 36 heavy (non-hydrogen) atoms. The molecule has 9 nitrogen and oxygen atoms in total. The normalized spacial score (nSPS) is 11.6. The third-order valence-electron chi connectivity index (χ3n) is 5.26. The molecule has 0 unspecified atom stereocenters. The summed E-state index contributed by atoms with van der Waals surface area (Å²) in [7, 11) is -2.56. The molecule has 0 aliphatic heterocycles. The highest BCUT2D eigenvalue weighted by atomic mass is 32.2. The van der Waals surface area contributed by atoms with Crippen molar-refractivity contribution in [1.29, 1.82) is 0 Å². The van der Waals surface area contributed by atoms with Crippen molar-refractivity contribution in [3.8, 4) is 28.3 Å².